The van der Waals surface area contributed by atoms with E-state index in [4.69, 9.17) is 33.2 Å². The lowest BCUT2D eigenvalue weighted by atomic mass is 9.82. The maximum Gasteiger partial charge on any atom is 0.148 e. The summed E-state index contributed by atoms with van der Waals surface area (Å²) in [7, 11) is 0. The first-order valence-electron chi connectivity index (χ1n) is 10.7. The number of aromatic nitrogens is 2. The molecule has 3 nitrogen and oxygen atoms in total. The topological polar surface area (TPSA) is 37.8 Å². The van der Waals surface area contributed by atoms with Gasteiger partial charge in [-0.2, -0.15) is 0 Å². The quantitative estimate of drug-likeness (QED) is 0.408. The van der Waals surface area contributed by atoms with Crippen molar-refractivity contribution in [1.82, 2.24) is 9.97 Å². The molecule has 6 heteroatoms. The van der Waals surface area contributed by atoms with Gasteiger partial charge >= 0.3 is 0 Å². The van der Waals surface area contributed by atoms with E-state index in [9.17, 15) is 0 Å². The predicted molar refractivity (Wildman–Crippen MR) is 129 cm³/mol. The Bertz CT molecular complexity index is 1050. The number of thiophene rings is 1. The molecule has 30 heavy (non-hydrogen) atoms. The average Bonchev–Trinajstić information content (AvgIpc) is 3.23. The zero-order valence-corrected chi connectivity index (χ0v) is 20.0. The minimum Gasteiger partial charge on any atom is -0.361 e. The van der Waals surface area contributed by atoms with Crippen LogP contribution in [-0.4, -0.2) is 9.97 Å². The number of nitrogens with zero attached hydrogens (tertiary/aromatic N) is 2. The van der Waals surface area contributed by atoms with Crippen molar-refractivity contribution >= 4 is 40.4 Å². The number of fused-ring (bicyclic) bond motifs is 1. The molecular formula is C24H27Cl2N3S. The van der Waals surface area contributed by atoms with Crippen LogP contribution < -0.4 is 5.32 Å². The van der Waals surface area contributed by atoms with Crippen LogP contribution in [0.25, 0.3) is 11.3 Å². The third-order valence-electron chi connectivity index (χ3n) is 6.04. The van der Waals surface area contributed by atoms with Gasteiger partial charge < -0.3 is 5.32 Å². The monoisotopic (exact) mass is 459 g/mol. The second-order valence-electron chi connectivity index (χ2n) is 7.77. The Morgan fingerprint density at radius 2 is 1.87 bits per heavy atom. The summed E-state index contributed by atoms with van der Waals surface area (Å²) in [5, 5.41) is 7.25. The smallest absolute Gasteiger partial charge is 0.148 e. The highest BCUT2D eigenvalue weighted by atomic mass is 35.5. The van der Waals surface area contributed by atoms with E-state index in [-0.39, 0.29) is 0 Å². The predicted octanol–water partition coefficient (Wildman–Crippen LogP) is 7.76. The molecule has 4 rings (SSSR count). The van der Waals surface area contributed by atoms with Gasteiger partial charge in [-0.1, -0.05) is 50.4 Å². The van der Waals surface area contributed by atoms with Crippen LogP contribution in [0.4, 0.5) is 5.82 Å². The number of hydrogen-bond acceptors (Lipinski definition) is 4. The molecule has 0 saturated heterocycles. The van der Waals surface area contributed by atoms with Crippen molar-refractivity contribution < 1.29 is 0 Å². The van der Waals surface area contributed by atoms with E-state index in [2.05, 4.69) is 37.5 Å². The minimum absolute atomic E-state index is 0.291. The van der Waals surface area contributed by atoms with Crippen molar-refractivity contribution in [2.24, 2.45) is 5.92 Å². The summed E-state index contributed by atoms with van der Waals surface area (Å²) in [5.74, 6) is 1.51. The van der Waals surface area contributed by atoms with Gasteiger partial charge in [-0.05, 0) is 66.8 Å². The molecule has 1 aliphatic carbocycles. The molecule has 0 unspecified atom stereocenters. The zero-order chi connectivity index (χ0) is 21.3. The van der Waals surface area contributed by atoms with E-state index >= 15 is 0 Å². The molecule has 0 amide bonds. The van der Waals surface area contributed by atoms with Crippen molar-refractivity contribution in [3.05, 3.63) is 61.5 Å². The molecule has 3 aromatic rings. The molecule has 0 bridgehead atoms. The summed E-state index contributed by atoms with van der Waals surface area (Å²) in [6.45, 7) is 6.52. The van der Waals surface area contributed by atoms with E-state index in [0.717, 1.165) is 47.7 Å². The van der Waals surface area contributed by atoms with E-state index < -0.39 is 0 Å². The Hall–Kier alpha value is -1.62. The van der Waals surface area contributed by atoms with E-state index in [1.165, 1.54) is 23.3 Å². The maximum absolute atomic E-state index is 6.50. The Kier molecular flexibility index (Phi) is 6.66. The molecule has 0 radical (unpaired) electrons. The SMILES string of the molecule is CCc1nc(-c2ccc(Cl)cc2Cl)c(CC)nc1N[C@H]1c2ccsc2CC[C@@H]1CC. The minimum atomic E-state index is 0.291. The summed E-state index contributed by atoms with van der Waals surface area (Å²) in [5.41, 5.74) is 5.10. The van der Waals surface area contributed by atoms with Crippen molar-refractivity contribution in [2.45, 2.75) is 58.9 Å². The lowest BCUT2D eigenvalue weighted by Gasteiger charge is -2.33. The summed E-state index contributed by atoms with van der Waals surface area (Å²) >= 11 is 14.5. The molecule has 0 aliphatic heterocycles. The van der Waals surface area contributed by atoms with Crippen molar-refractivity contribution in [2.75, 3.05) is 5.32 Å². The third kappa shape index (κ3) is 4.10. The zero-order valence-electron chi connectivity index (χ0n) is 17.6. The number of anilines is 1. The molecule has 0 spiro atoms. The van der Waals surface area contributed by atoms with Gasteiger partial charge in [-0.25, -0.2) is 9.97 Å². The van der Waals surface area contributed by atoms with Crippen LogP contribution in [0.2, 0.25) is 10.0 Å². The van der Waals surface area contributed by atoms with Gasteiger partial charge in [0, 0.05) is 15.5 Å². The summed E-state index contributed by atoms with van der Waals surface area (Å²) in [4.78, 5) is 11.6. The number of rotatable bonds is 6. The van der Waals surface area contributed by atoms with Crippen LogP contribution in [-0.2, 0) is 19.3 Å². The van der Waals surface area contributed by atoms with Crippen molar-refractivity contribution in [1.29, 1.82) is 0 Å². The molecule has 2 atom stereocenters. The van der Waals surface area contributed by atoms with Gasteiger partial charge in [-0.3, -0.25) is 0 Å². The molecule has 158 valence electrons. The van der Waals surface area contributed by atoms with Gasteiger partial charge in [0.2, 0.25) is 0 Å². The van der Waals surface area contributed by atoms with Crippen LogP contribution in [0.15, 0.2) is 29.6 Å². The van der Waals surface area contributed by atoms with E-state index in [1.54, 1.807) is 6.07 Å². The van der Waals surface area contributed by atoms with Crippen molar-refractivity contribution in [3.63, 3.8) is 0 Å². The normalized spacial score (nSPS) is 18.3. The summed E-state index contributed by atoms with van der Waals surface area (Å²) < 4.78 is 0. The molecule has 1 aromatic carbocycles. The largest absolute Gasteiger partial charge is 0.361 e. The van der Waals surface area contributed by atoms with Crippen LogP contribution in [0.5, 0.6) is 0 Å². The second-order valence-corrected chi connectivity index (χ2v) is 9.62. The van der Waals surface area contributed by atoms with Crippen LogP contribution in [0.3, 0.4) is 0 Å². The summed E-state index contributed by atoms with van der Waals surface area (Å²) in [6, 6.07) is 8.13. The molecule has 1 N–H and O–H groups in total. The fourth-order valence-corrected chi connectivity index (χ4v) is 5.80. The maximum atomic E-state index is 6.50. The molecular weight excluding hydrogens is 433 g/mol. The number of halogens is 2. The third-order valence-corrected chi connectivity index (χ3v) is 7.59. The van der Waals surface area contributed by atoms with E-state index in [1.807, 2.05) is 23.5 Å². The first-order chi connectivity index (χ1) is 14.5. The molecule has 0 fully saturated rings. The molecule has 2 aromatic heterocycles. The molecule has 2 heterocycles. The Labute approximate surface area is 192 Å². The fraction of sp³-hybridized carbons (Fsp3) is 0.417. The summed E-state index contributed by atoms with van der Waals surface area (Å²) in [6.07, 6.45) is 5.14. The molecule has 1 aliphatic rings. The van der Waals surface area contributed by atoms with Gasteiger partial charge in [0.05, 0.1) is 28.1 Å². The highest BCUT2D eigenvalue weighted by molar-refractivity contribution is 7.10. The van der Waals surface area contributed by atoms with Gasteiger partial charge in [0.25, 0.3) is 0 Å². The number of aryl methyl sites for hydroxylation is 3. The molecule has 0 saturated carbocycles. The highest BCUT2D eigenvalue weighted by Crippen LogP contribution is 2.41. The standard InChI is InChI=1S/C24H27Cl2N3S/c1-4-14-7-10-21-17(11-12-30-21)22(14)29-24-20(6-3)27-23(19(5-2)28-24)16-9-8-15(25)13-18(16)26/h8-9,11-14,22H,4-7,10H2,1-3H3,(H,28,29)/t14-,22+/m0/s1. The van der Waals surface area contributed by atoms with E-state index in [0.29, 0.717) is 22.0 Å². The second kappa shape index (κ2) is 9.25. The number of nitrogens with one attached hydrogen (secondary N) is 1. The van der Waals surface area contributed by atoms with Crippen LogP contribution >= 0.6 is 34.5 Å². The Balaban J connectivity index is 1.76. The highest BCUT2D eigenvalue weighted by Gasteiger charge is 2.30. The number of hydrogen-bond donors (Lipinski definition) is 1. The Morgan fingerprint density at radius 1 is 1.07 bits per heavy atom. The lowest BCUT2D eigenvalue weighted by Crippen LogP contribution is -2.26. The fourth-order valence-electron chi connectivity index (χ4n) is 4.36. The first-order valence-corrected chi connectivity index (χ1v) is 12.4. The van der Waals surface area contributed by atoms with Crippen LogP contribution in [0.1, 0.15) is 61.5 Å². The van der Waals surface area contributed by atoms with Crippen molar-refractivity contribution in [3.8, 4) is 11.3 Å². The van der Waals surface area contributed by atoms with Gasteiger partial charge in [0.1, 0.15) is 5.82 Å². The average molecular weight is 460 g/mol. The van der Waals surface area contributed by atoms with Gasteiger partial charge in [-0.15, -0.1) is 11.3 Å². The van der Waals surface area contributed by atoms with Crippen LogP contribution in [0, 0.1) is 5.92 Å². The number of benzene rings is 1. The lowest BCUT2D eigenvalue weighted by molar-refractivity contribution is 0.389. The Morgan fingerprint density at radius 3 is 2.57 bits per heavy atom. The van der Waals surface area contributed by atoms with Gasteiger partial charge in [0.15, 0.2) is 0 Å². The first kappa shape index (κ1) is 21.6.